The summed E-state index contributed by atoms with van der Waals surface area (Å²) in [5, 5.41) is 0. The Kier molecular flexibility index (Phi) is 4.01. The molecule has 0 spiro atoms. The fourth-order valence-electron chi connectivity index (χ4n) is 1.75. The molecule has 0 aliphatic carbocycles. The van der Waals surface area contributed by atoms with Crippen molar-refractivity contribution in [2.45, 2.75) is 39.7 Å². The molecule has 1 unspecified atom stereocenters. The van der Waals surface area contributed by atoms with E-state index in [0.717, 1.165) is 11.3 Å². The number of rotatable bonds is 4. The van der Waals surface area contributed by atoms with Gasteiger partial charge in [-0.25, -0.2) is 0 Å². The van der Waals surface area contributed by atoms with Gasteiger partial charge in [-0.3, -0.25) is 0 Å². The first-order valence-corrected chi connectivity index (χ1v) is 5.65. The predicted molar refractivity (Wildman–Crippen MR) is 68.4 cm³/mol. The summed E-state index contributed by atoms with van der Waals surface area (Å²) in [6.07, 6.45) is 2.44. The van der Waals surface area contributed by atoms with Crippen LogP contribution < -0.4 is 10.6 Å². The molecule has 0 heterocycles. The van der Waals surface area contributed by atoms with E-state index in [0.29, 0.717) is 6.04 Å². The lowest BCUT2D eigenvalue weighted by Gasteiger charge is -2.27. The SMILES string of the molecule is CCCC(C)N(C)c1ccc(N)c(C)c1. The van der Waals surface area contributed by atoms with Gasteiger partial charge in [0.2, 0.25) is 0 Å². The zero-order valence-corrected chi connectivity index (χ0v) is 10.2. The quantitative estimate of drug-likeness (QED) is 0.766. The fraction of sp³-hybridized carbons (Fsp3) is 0.538. The Morgan fingerprint density at radius 1 is 1.40 bits per heavy atom. The van der Waals surface area contributed by atoms with Crippen LogP contribution in [-0.4, -0.2) is 13.1 Å². The molecule has 0 radical (unpaired) electrons. The Bertz CT molecular complexity index is 320. The average molecular weight is 206 g/mol. The first kappa shape index (κ1) is 11.9. The number of anilines is 2. The lowest BCUT2D eigenvalue weighted by Crippen LogP contribution is -2.28. The Balaban J connectivity index is 2.81. The monoisotopic (exact) mass is 206 g/mol. The maximum Gasteiger partial charge on any atom is 0.0370 e. The summed E-state index contributed by atoms with van der Waals surface area (Å²) in [7, 11) is 2.14. The van der Waals surface area contributed by atoms with E-state index < -0.39 is 0 Å². The van der Waals surface area contributed by atoms with Gasteiger partial charge in [-0.05, 0) is 44.0 Å². The number of hydrogen-bond donors (Lipinski definition) is 1. The molecule has 0 amide bonds. The lowest BCUT2D eigenvalue weighted by molar-refractivity contribution is 0.616. The second-order valence-corrected chi connectivity index (χ2v) is 4.29. The summed E-state index contributed by atoms with van der Waals surface area (Å²) >= 11 is 0. The maximum absolute atomic E-state index is 5.81. The summed E-state index contributed by atoms with van der Waals surface area (Å²) in [5.74, 6) is 0. The van der Waals surface area contributed by atoms with Crippen LogP contribution in [0.2, 0.25) is 0 Å². The van der Waals surface area contributed by atoms with Crippen LogP contribution in [0.15, 0.2) is 18.2 Å². The third kappa shape index (κ3) is 2.88. The molecule has 84 valence electrons. The van der Waals surface area contributed by atoms with Gasteiger partial charge < -0.3 is 10.6 Å². The van der Waals surface area contributed by atoms with Gasteiger partial charge in [0.1, 0.15) is 0 Å². The maximum atomic E-state index is 5.81. The Morgan fingerprint density at radius 3 is 2.60 bits per heavy atom. The predicted octanol–water partition coefficient (Wildman–Crippen LogP) is 3.20. The van der Waals surface area contributed by atoms with Crippen LogP contribution in [0, 0.1) is 6.92 Å². The average Bonchev–Trinajstić information content (AvgIpc) is 2.21. The molecular formula is C13H22N2. The highest BCUT2D eigenvalue weighted by Crippen LogP contribution is 2.22. The van der Waals surface area contributed by atoms with Crippen LogP contribution >= 0.6 is 0 Å². The third-order valence-corrected chi connectivity index (χ3v) is 3.03. The van der Waals surface area contributed by atoms with Crippen molar-refractivity contribution in [2.75, 3.05) is 17.7 Å². The molecule has 2 nitrogen and oxygen atoms in total. The molecule has 1 aromatic rings. The molecule has 1 rings (SSSR count). The molecule has 0 fully saturated rings. The molecule has 15 heavy (non-hydrogen) atoms. The Labute approximate surface area is 93.1 Å². The molecular weight excluding hydrogens is 184 g/mol. The van der Waals surface area contributed by atoms with Crippen molar-refractivity contribution < 1.29 is 0 Å². The lowest BCUT2D eigenvalue weighted by atomic mass is 10.1. The van der Waals surface area contributed by atoms with Crippen molar-refractivity contribution in [2.24, 2.45) is 0 Å². The second-order valence-electron chi connectivity index (χ2n) is 4.29. The summed E-state index contributed by atoms with van der Waals surface area (Å²) in [5.41, 5.74) is 9.08. The molecule has 0 saturated heterocycles. The summed E-state index contributed by atoms with van der Waals surface area (Å²) in [6.45, 7) is 6.53. The number of nitrogens with zero attached hydrogens (tertiary/aromatic N) is 1. The largest absolute Gasteiger partial charge is 0.399 e. The normalized spacial score (nSPS) is 12.5. The summed E-state index contributed by atoms with van der Waals surface area (Å²) in [6, 6.07) is 6.81. The van der Waals surface area contributed by atoms with Gasteiger partial charge in [0.05, 0.1) is 0 Å². The van der Waals surface area contributed by atoms with Gasteiger partial charge in [-0.1, -0.05) is 13.3 Å². The molecule has 0 bridgehead atoms. The zero-order chi connectivity index (χ0) is 11.4. The molecule has 0 aromatic heterocycles. The van der Waals surface area contributed by atoms with Crippen LogP contribution in [-0.2, 0) is 0 Å². The molecule has 2 heteroatoms. The molecule has 2 N–H and O–H groups in total. The van der Waals surface area contributed by atoms with Crippen molar-refractivity contribution in [1.29, 1.82) is 0 Å². The second kappa shape index (κ2) is 5.06. The van der Waals surface area contributed by atoms with E-state index in [1.807, 2.05) is 6.07 Å². The zero-order valence-electron chi connectivity index (χ0n) is 10.2. The highest BCUT2D eigenvalue weighted by Gasteiger charge is 2.09. The van der Waals surface area contributed by atoms with E-state index in [1.165, 1.54) is 18.5 Å². The number of nitrogens with two attached hydrogens (primary N) is 1. The number of aryl methyl sites for hydroxylation is 1. The van der Waals surface area contributed by atoms with Gasteiger partial charge in [-0.15, -0.1) is 0 Å². The summed E-state index contributed by atoms with van der Waals surface area (Å²) < 4.78 is 0. The van der Waals surface area contributed by atoms with Gasteiger partial charge >= 0.3 is 0 Å². The molecule has 1 atom stereocenters. The van der Waals surface area contributed by atoms with Crippen LogP contribution in [0.1, 0.15) is 32.3 Å². The molecule has 0 aliphatic rings. The highest BCUT2D eigenvalue weighted by atomic mass is 15.1. The summed E-state index contributed by atoms with van der Waals surface area (Å²) in [4.78, 5) is 2.32. The molecule has 0 saturated carbocycles. The minimum Gasteiger partial charge on any atom is -0.399 e. The minimum atomic E-state index is 0.582. The van der Waals surface area contributed by atoms with Crippen molar-refractivity contribution >= 4 is 11.4 Å². The number of hydrogen-bond acceptors (Lipinski definition) is 2. The van der Waals surface area contributed by atoms with Gasteiger partial charge in [0.25, 0.3) is 0 Å². The van der Waals surface area contributed by atoms with E-state index in [4.69, 9.17) is 5.73 Å². The molecule has 1 aromatic carbocycles. The van der Waals surface area contributed by atoms with Crippen LogP contribution in [0.5, 0.6) is 0 Å². The van der Waals surface area contributed by atoms with E-state index >= 15 is 0 Å². The van der Waals surface area contributed by atoms with Crippen molar-refractivity contribution in [3.63, 3.8) is 0 Å². The topological polar surface area (TPSA) is 29.3 Å². The first-order valence-electron chi connectivity index (χ1n) is 5.65. The highest BCUT2D eigenvalue weighted by molar-refractivity contribution is 5.58. The first-order chi connectivity index (χ1) is 7.06. The van der Waals surface area contributed by atoms with Crippen LogP contribution in [0.3, 0.4) is 0 Å². The van der Waals surface area contributed by atoms with E-state index in [2.05, 4.69) is 44.9 Å². The van der Waals surface area contributed by atoms with Gasteiger partial charge in [-0.2, -0.15) is 0 Å². The number of nitrogen functional groups attached to an aromatic ring is 1. The van der Waals surface area contributed by atoms with Crippen LogP contribution in [0.4, 0.5) is 11.4 Å². The van der Waals surface area contributed by atoms with Gasteiger partial charge in [0, 0.05) is 24.5 Å². The van der Waals surface area contributed by atoms with Crippen molar-refractivity contribution in [3.8, 4) is 0 Å². The smallest absolute Gasteiger partial charge is 0.0370 e. The van der Waals surface area contributed by atoms with Gasteiger partial charge in [0.15, 0.2) is 0 Å². The van der Waals surface area contributed by atoms with Crippen molar-refractivity contribution in [1.82, 2.24) is 0 Å². The van der Waals surface area contributed by atoms with Crippen molar-refractivity contribution in [3.05, 3.63) is 23.8 Å². The van der Waals surface area contributed by atoms with Crippen LogP contribution in [0.25, 0.3) is 0 Å². The number of benzene rings is 1. The Hall–Kier alpha value is -1.18. The standard InChI is InChI=1S/C13H22N2/c1-5-6-11(3)15(4)12-7-8-13(14)10(2)9-12/h7-9,11H,5-6,14H2,1-4H3. The Morgan fingerprint density at radius 2 is 2.07 bits per heavy atom. The fourth-order valence-corrected chi connectivity index (χ4v) is 1.75. The third-order valence-electron chi connectivity index (χ3n) is 3.03. The van der Waals surface area contributed by atoms with E-state index in [-0.39, 0.29) is 0 Å². The minimum absolute atomic E-state index is 0.582. The van der Waals surface area contributed by atoms with E-state index in [9.17, 15) is 0 Å². The molecule has 0 aliphatic heterocycles. The van der Waals surface area contributed by atoms with E-state index in [1.54, 1.807) is 0 Å².